The molecular formula is C18H26FN3O2. The van der Waals surface area contributed by atoms with Crippen LogP contribution in [-0.2, 0) is 4.74 Å². The second-order valence-electron chi connectivity index (χ2n) is 7.37. The zero-order valence-corrected chi connectivity index (χ0v) is 14.0. The SMILES string of the molecule is OC1(CN2CC(N3CCN(c4ccc(F)cc4)CC3)C2)CCOC1. The van der Waals surface area contributed by atoms with E-state index in [0.29, 0.717) is 19.3 Å². The molecule has 0 bridgehead atoms. The highest BCUT2D eigenvalue weighted by atomic mass is 19.1. The predicted octanol–water partition coefficient (Wildman–Crippen LogP) is 0.783. The highest BCUT2D eigenvalue weighted by molar-refractivity contribution is 5.46. The van der Waals surface area contributed by atoms with Gasteiger partial charge in [0.2, 0.25) is 0 Å². The molecule has 3 saturated heterocycles. The molecule has 0 aliphatic carbocycles. The summed E-state index contributed by atoms with van der Waals surface area (Å²) in [7, 11) is 0. The van der Waals surface area contributed by atoms with E-state index < -0.39 is 5.60 Å². The van der Waals surface area contributed by atoms with Crippen molar-refractivity contribution < 1.29 is 14.2 Å². The summed E-state index contributed by atoms with van der Waals surface area (Å²) in [6.07, 6.45) is 0.754. The maximum absolute atomic E-state index is 13.0. The fourth-order valence-electron chi connectivity index (χ4n) is 4.04. The lowest BCUT2D eigenvalue weighted by Gasteiger charge is -2.49. The number of hydrogen-bond acceptors (Lipinski definition) is 5. The third-order valence-electron chi connectivity index (χ3n) is 5.56. The van der Waals surface area contributed by atoms with Crippen molar-refractivity contribution in [3.8, 4) is 0 Å². The molecule has 5 nitrogen and oxygen atoms in total. The summed E-state index contributed by atoms with van der Waals surface area (Å²) in [5.41, 5.74) is 0.474. The van der Waals surface area contributed by atoms with Crippen molar-refractivity contribution in [1.29, 1.82) is 0 Å². The van der Waals surface area contributed by atoms with E-state index >= 15 is 0 Å². The van der Waals surface area contributed by atoms with E-state index in [-0.39, 0.29) is 5.82 Å². The lowest BCUT2D eigenvalue weighted by atomic mass is 9.98. The van der Waals surface area contributed by atoms with Gasteiger partial charge in [-0.1, -0.05) is 0 Å². The van der Waals surface area contributed by atoms with Crippen LogP contribution in [0.2, 0.25) is 0 Å². The predicted molar refractivity (Wildman–Crippen MR) is 90.8 cm³/mol. The van der Waals surface area contributed by atoms with Crippen LogP contribution >= 0.6 is 0 Å². The number of aliphatic hydroxyl groups is 1. The molecular weight excluding hydrogens is 309 g/mol. The molecule has 132 valence electrons. The maximum Gasteiger partial charge on any atom is 0.123 e. The first-order valence-electron chi connectivity index (χ1n) is 8.88. The topological polar surface area (TPSA) is 39.2 Å². The van der Waals surface area contributed by atoms with Crippen LogP contribution in [0.25, 0.3) is 0 Å². The molecule has 0 radical (unpaired) electrons. The van der Waals surface area contributed by atoms with Crippen molar-refractivity contribution in [1.82, 2.24) is 9.80 Å². The first kappa shape index (κ1) is 16.3. The van der Waals surface area contributed by atoms with E-state index in [4.69, 9.17) is 4.74 Å². The Morgan fingerprint density at radius 1 is 1.12 bits per heavy atom. The van der Waals surface area contributed by atoms with Crippen molar-refractivity contribution in [2.45, 2.75) is 18.1 Å². The molecule has 3 aliphatic rings. The Kier molecular flexibility index (Phi) is 4.47. The maximum atomic E-state index is 13.0. The number of hydrogen-bond donors (Lipinski definition) is 1. The molecule has 0 spiro atoms. The van der Waals surface area contributed by atoms with Crippen LogP contribution in [0, 0.1) is 5.82 Å². The molecule has 0 saturated carbocycles. The molecule has 4 rings (SSSR count). The lowest BCUT2D eigenvalue weighted by molar-refractivity contribution is -0.0484. The lowest BCUT2D eigenvalue weighted by Crippen LogP contribution is -2.65. The van der Waals surface area contributed by atoms with Gasteiger partial charge in [0.15, 0.2) is 0 Å². The van der Waals surface area contributed by atoms with Crippen molar-refractivity contribution >= 4 is 5.69 Å². The average Bonchev–Trinajstić information content (AvgIpc) is 2.98. The van der Waals surface area contributed by atoms with Gasteiger partial charge >= 0.3 is 0 Å². The minimum absolute atomic E-state index is 0.179. The van der Waals surface area contributed by atoms with Gasteiger partial charge in [-0.05, 0) is 24.3 Å². The number of likely N-dealkylation sites (tertiary alicyclic amines) is 1. The number of halogens is 1. The third kappa shape index (κ3) is 3.42. The summed E-state index contributed by atoms with van der Waals surface area (Å²) >= 11 is 0. The van der Waals surface area contributed by atoms with E-state index in [9.17, 15) is 9.50 Å². The minimum Gasteiger partial charge on any atom is -0.386 e. The Morgan fingerprint density at radius 3 is 2.46 bits per heavy atom. The zero-order valence-electron chi connectivity index (χ0n) is 14.0. The van der Waals surface area contributed by atoms with Gasteiger partial charge in [0, 0.05) is 70.6 Å². The van der Waals surface area contributed by atoms with Gasteiger partial charge in [0.05, 0.1) is 6.61 Å². The molecule has 1 aromatic carbocycles. The van der Waals surface area contributed by atoms with E-state index in [1.807, 2.05) is 12.1 Å². The van der Waals surface area contributed by atoms with E-state index in [2.05, 4.69) is 14.7 Å². The van der Waals surface area contributed by atoms with Crippen LogP contribution in [0.4, 0.5) is 10.1 Å². The Hall–Kier alpha value is -1.21. The Labute approximate surface area is 142 Å². The first-order valence-corrected chi connectivity index (χ1v) is 8.88. The summed E-state index contributed by atoms with van der Waals surface area (Å²) < 4.78 is 18.3. The summed E-state index contributed by atoms with van der Waals surface area (Å²) in [5, 5.41) is 10.4. The van der Waals surface area contributed by atoms with E-state index in [0.717, 1.165) is 57.9 Å². The first-order chi connectivity index (χ1) is 11.6. The van der Waals surface area contributed by atoms with Gasteiger partial charge in [-0.25, -0.2) is 4.39 Å². The number of piperazine rings is 1. The standard InChI is InChI=1S/C18H26FN3O2/c19-15-1-3-16(4-2-15)21-6-8-22(9-7-21)17-11-20(12-17)13-18(23)5-10-24-14-18/h1-4,17,23H,5-14H2. The summed E-state index contributed by atoms with van der Waals surface area (Å²) in [6.45, 7) is 8.03. The molecule has 24 heavy (non-hydrogen) atoms. The summed E-state index contributed by atoms with van der Waals surface area (Å²) in [5.74, 6) is -0.179. The van der Waals surface area contributed by atoms with Crippen LogP contribution in [-0.4, -0.2) is 85.6 Å². The molecule has 3 fully saturated rings. The third-order valence-corrected chi connectivity index (χ3v) is 5.56. The van der Waals surface area contributed by atoms with Crippen molar-refractivity contribution in [2.75, 3.05) is 63.9 Å². The molecule has 0 amide bonds. The molecule has 0 aromatic heterocycles. The van der Waals surface area contributed by atoms with Crippen LogP contribution in [0.1, 0.15) is 6.42 Å². The molecule has 3 aliphatic heterocycles. The summed E-state index contributed by atoms with van der Waals surface area (Å²) in [4.78, 5) is 7.21. The van der Waals surface area contributed by atoms with Gasteiger partial charge < -0.3 is 14.7 Å². The van der Waals surface area contributed by atoms with E-state index in [1.165, 1.54) is 12.1 Å². The van der Waals surface area contributed by atoms with E-state index in [1.54, 1.807) is 0 Å². The number of anilines is 1. The molecule has 1 atom stereocenters. The molecule has 3 heterocycles. The smallest absolute Gasteiger partial charge is 0.123 e. The quantitative estimate of drug-likeness (QED) is 0.881. The number of ether oxygens (including phenoxy) is 1. The normalized spacial score (nSPS) is 29.8. The van der Waals surface area contributed by atoms with Crippen LogP contribution < -0.4 is 4.90 Å². The van der Waals surface area contributed by atoms with Crippen LogP contribution in [0.5, 0.6) is 0 Å². The van der Waals surface area contributed by atoms with Crippen molar-refractivity contribution in [3.05, 3.63) is 30.1 Å². The Morgan fingerprint density at radius 2 is 1.83 bits per heavy atom. The van der Waals surface area contributed by atoms with Crippen LogP contribution in [0.15, 0.2) is 24.3 Å². The van der Waals surface area contributed by atoms with Gasteiger partial charge in [-0.3, -0.25) is 9.80 Å². The van der Waals surface area contributed by atoms with Gasteiger partial charge in [0.25, 0.3) is 0 Å². The average molecular weight is 335 g/mol. The number of rotatable bonds is 4. The Bertz CT molecular complexity index is 548. The minimum atomic E-state index is -0.633. The van der Waals surface area contributed by atoms with Crippen molar-refractivity contribution in [3.63, 3.8) is 0 Å². The fraction of sp³-hybridized carbons (Fsp3) is 0.667. The van der Waals surface area contributed by atoms with Gasteiger partial charge in [-0.15, -0.1) is 0 Å². The highest BCUT2D eigenvalue weighted by Gasteiger charge is 2.40. The van der Waals surface area contributed by atoms with Crippen molar-refractivity contribution in [2.24, 2.45) is 0 Å². The molecule has 1 unspecified atom stereocenters. The Balaban J connectivity index is 1.22. The second-order valence-corrected chi connectivity index (χ2v) is 7.37. The number of nitrogens with zero attached hydrogens (tertiary/aromatic N) is 3. The second kappa shape index (κ2) is 6.59. The monoisotopic (exact) mass is 335 g/mol. The number of β-amino-alcohol motifs (C(OH)–C–C–N with tert-alkyl or cyclic N) is 1. The number of benzene rings is 1. The molecule has 6 heteroatoms. The van der Waals surface area contributed by atoms with Crippen LogP contribution in [0.3, 0.4) is 0 Å². The zero-order chi connectivity index (χ0) is 16.6. The van der Waals surface area contributed by atoms with Gasteiger partial charge in [0.1, 0.15) is 11.4 Å². The largest absolute Gasteiger partial charge is 0.386 e. The van der Waals surface area contributed by atoms with Gasteiger partial charge in [-0.2, -0.15) is 0 Å². The molecule has 1 aromatic rings. The summed E-state index contributed by atoms with van der Waals surface area (Å²) in [6, 6.07) is 7.39. The fourth-order valence-corrected chi connectivity index (χ4v) is 4.04. The highest BCUT2D eigenvalue weighted by Crippen LogP contribution is 2.25. The molecule has 1 N–H and O–H groups in total.